The first-order valence-corrected chi connectivity index (χ1v) is 12.9. The zero-order valence-corrected chi connectivity index (χ0v) is 21.7. The van der Waals surface area contributed by atoms with Crippen molar-refractivity contribution in [3.63, 3.8) is 0 Å². The highest BCUT2D eigenvalue weighted by atomic mass is 35.5. The van der Waals surface area contributed by atoms with E-state index in [1.165, 1.54) is 34.4 Å². The van der Waals surface area contributed by atoms with Crippen molar-refractivity contribution in [2.75, 3.05) is 26.2 Å². The van der Waals surface area contributed by atoms with Gasteiger partial charge in [0.2, 0.25) is 0 Å². The molecule has 0 saturated carbocycles. The molecule has 1 fully saturated rings. The van der Waals surface area contributed by atoms with E-state index in [-0.39, 0.29) is 36.0 Å². The van der Waals surface area contributed by atoms with Crippen molar-refractivity contribution in [2.45, 2.75) is 25.3 Å². The molecule has 2 aromatic rings. The van der Waals surface area contributed by atoms with Crippen LogP contribution in [0.3, 0.4) is 0 Å². The number of thiazole rings is 1. The molecule has 2 unspecified atom stereocenters. The second-order valence-electron chi connectivity index (χ2n) is 8.81. The van der Waals surface area contributed by atoms with Gasteiger partial charge in [0.1, 0.15) is 11.9 Å². The normalized spacial score (nSPS) is 21.8. The lowest BCUT2D eigenvalue weighted by atomic mass is 9.92. The number of aromatic nitrogens is 1. The molecule has 0 bridgehead atoms. The molecule has 0 amide bonds. The average Bonchev–Trinajstić information content (AvgIpc) is 3.37. The Bertz CT molecular complexity index is 1300. The van der Waals surface area contributed by atoms with Crippen molar-refractivity contribution >= 4 is 40.7 Å². The minimum Gasteiger partial charge on any atom is -0.478 e. The highest BCUT2D eigenvalue weighted by molar-refractivity contribution is 7.11. The first-order valence-electron chi connectivity index (χ1n) is 11.7. The van der Waals surface area contributed by atoms with E-state index in [4.69, 9.17) is 21.4 Å². The molecule has 1 saturated heterocycles. The Morgan fingerprint density at radius 2 is 2.18 bits per heavy atom. The van der Waals surface area contributed by atoms with Crippen LogP contribution in [0.25, 0.3) is 0 Å². The van der Waals surface area contributed by atoms with Gasteiger partial charge in [0.15, 0.2) is 10.8 Å². The Labute approximate surface area is 225 Å². The molecule has 0 spiro atoms. The summed E-state index contributed by atoms with van der Waals surface area (Å²) in [6, 6.07) is 2.68. The van der Waals surface area contributed by atoms with Crippen LogP contribution in [0.4, 0.5) is 13.2 Å². The Morgan fingerprint density at radius 3 is 2.84 bits per heavy atom. The van der Waals surface area contributed by atoms with Crippen LogP contribution in [0.15, 0.2) is 58.2 Å². The zero-order chi connectivity index (χ0) is 27.4. The maximum Gasteiger partial charge on any atom is 0.338 e. The van der Waals surface area contributed by atoms with Gasteiger partial charge in [-0.05, 0) is 25.0 Å². The van der Waals surface area contributed by atoms with Crippen LogP contribution in [0.2, 0.25) is 5.02 Å². The number of likely N-dealkylation sites (tertiary alicyclic amines) is 1. The smallest absolute Gasteiger partial charge is 0.338 e. The Kier molecular flexibility index (Phi) is 8.54. The van der Waals surface area contributed by atoms with Gasteiger partial charge < -0.3 is 15.2 Å². The third kappa shape index (κ3) is 6.61. The van der Waals surface area contributed by atoms with Crippen LogP contribution in [0.5, 0.6) is 0 Å². The quantitative estimate of drug-likeness (QED) is 0.358. The van der Waals surface area contributed by atoms with Crippen molar-refractivity contribution in [3.8, 4) is 0 Å². The number of hydrogen-bond donors (Lipinski definition) is 2. The lowest BCUT2D eigenvalue weighted by Crippen LogP contribution is -2.49. The number of amidine groups is 1. The lowest BCUT2D eigenvalue weighted by molar-refractivity contribution is -0.139. The lowest BCUT2D eigenvalue weighted by Gasteiger charge is -2.38. The van der Waals surface area contributed by atoms with Gasteiger partial charge in [-0.3, -0.25) is 9.89 Å². The van der Waals surface area contributed by atoms with E-state index in [0.29, 0.717) is 16.4 Å². The third-order valence-corrected chi connectivity index (χ3v) is 7.02. The minimum atomic E-state index is -3.09. The SMILES string of the molecule is CCOC(=O)C1=C(CN2CC(/C=C/C(=O)O)CC(F)(F)C2)NC(c2nccs2)=NC1c1ccc(F)cc1Cl. The second-order valence-corrected chi connectivity index (χ2v) is 10.1. The summed E-state index contributed by atoms with van der Waals surface area (Å²) in [5, 5.41) is 14.3. The molecular weight excluding hydrogens is 545 g/mol. The standard InChI is InChI=1S/C25H24ClF3N4O4S/c1-2-37-24(36)20-18(12-33-11-14(3-6-19(34)35)10-25(28,29)13-33)31-22(23-30-7-8-38-23)32-21(20)16-5-4-15(27)9-17(16)26/h3-9,14,21H,2,10-13H2,1H3,(H,31,32)(H,34,35)/b6-3+. The molecule has 2 aliphatic heterocycles. The number of aliphatic imine (C=N–C) groups is 1. The summed E-state index contributed by atoms with van der Waals surface area (Å²) >= 11 is 7.63. The second kappa shape index (κ2) is 11.7. The van der Waals surface area contributed by atoms with Gasteiger partial charge in [0, 0.05) is 53.4 Å². The predicted molar refractivity (Wildman–Crippen MR) is 136 cm³/mol. The van der Waals surface area contributed by atoms with Gasteiger partial charge in [0.05, 0.1) is 18.7 Å². The monoisotopic (exact) mass is 568 g/mol. The van der Waals surface area contributed by atoms with Crippen molar-refractivity contribution < 1.29 is 32.6 Å². The summed E-state index contributed by atoms with van der Waals surface area (Å²) < 4.78 is 48.4. The number of nitrogens with one attached hydrogen (secondary N) is 1. The molecule has 202 valence electrons. The average molecular weight is 569 g/mol. The molecule has 13 heteroatoms. The number of rotatable bonds is 8. The van der Waals surface area contributed by atoms with Gasteiger partial charge in [0.25, 0.3) is 5.92 Å². The van der Waals surface area contributed by atoms with Gasteiger partial charge in [-0.25, -0.2) is 27.7 Å². The largest absolute Gasteiger partial charge is 0.478 e. The zero-order valence-electron chi connectivity index (χ0n) is 20.2. The first-order chi connectivity index (χ1) is 18.1. The maximum absolute atomic E-state index is 14.7. The number of aliphatic carboxylic acids is 1. The van der Waals surface area contributed by atoms with E-state index in [0.717, 1.165) is 12.1 Å². The number of nitrogens with zero attached hydrogens (tertiary/aromatic N) is 3. The van der Waals surface area contributed by atoms with Crippen molar-refractivity contribution in [3.05, 3.63) is 74.6 Å². The van der Waals surface area contributed by atoms with Gasteiger partial charge in [-0.1, -0.05) is 23.7 Å². The molecule has 2 atom stereocenters. The van der Waals surface area contributed by atoms with Gasteiger partial charge in [-0.2, -0.15) is 0 Å². The van der Waals surface area contributed by atoms with Crippen molar-refractivity contribution in [1.29, 1.82) is 0 Å². The fourth-order valence-electron chi connectivity index (χ4n) is 4.49. The maximum atomic E-state index is 14.7. The van der Waals surface area contributed by atoms with Crippen molar-refractivity contribution in [1.82, 2.24) is 15.2 Å². The summed E-state index contributed by atoms with van der Waals surface area (Å²) in [6.45, 7) is 1.08. The highest BCUT2D eigenvalue weighted by Gasteiger charge is 2.41. The molecule has 1 aromatic carbocycles. The van der Waals surface area contributed by atoms with Crippen LogP contribution in [-0.4, -0.2) is 64.9 Å². The molecule has 1 aromatic heterocycles. The molecule has 2 N–H and O–H groups in total. The molecule has 4 rings (SSSR count). The van der Waals surface area contributed by atoms with E-state index < -0.39 is 48.6 Å². The minimum absolute atomic E-state index is 0.0312. The van der Waals surface area contributed by atoms with Crippen LogP contribution in [0, 0.1) is 11.7 Å². The summed E-state index contributed by atoms with van der Waals surface area (Å²) in [5.41, 5.74) is 0.635. The molecule has 8 nitrogen and oxygen atoms in total. The Hall–Kier alpha value is -3.22. The number of halogens is 4. The van der Waals surface area contributed by atoms with Gasteiger partial charge >= 0.3 is 11.9 Å². The fraction of sp³-hybridized carbons (Fsp3) is 0.360. The van der Waals surface area contributed by atoms with Crippen molar-refractivity contribution in [2.24, 2.45) is 10.9 Å². The van der Waals surface area contributed by atoms with Crippen LogP contribution >= 0.6 is 22.9 Å². The number of alkyl halides is 2. The summed E-state index contributed by atoms with van der Waals surface area (Å²) in [6.07, 6.45) is 3.18. The fourth-order valence-corrected chi connectivity index (χ4v) is 5.35. The molecular formula is C25H24ClF3N4O4S. The summed E-state index contributed by atoms with van der Waals surface area (Å²) in [4.78, 5) is 34.5. The number of carboxylic acid groups (broad SMARTS) is 1. The molecule has 0 radical (unpaired) electrons. The Morgan fingerprint density at radius 1 is 1.39 bits per heavy atom. The summed E-state index contributed by atoms with van der Waals surface area (Å²) in [5.74, 6) is -6.05. The number of carbonyl (C=O) groups excluding carboxylic acids is 1. The first kappa shape index (κ1) is 27.8. The Balaban J connectivity index is 1.78. The van der Waals surface area contributed by atoms with E-state index in [1.54, 1.807) is 18.5 Å². The number of carboxylic acids is 1. The number of carbonyl (C=O) groups is 2. The van der Waals surface area contributed by atoms with Crippen LogP contribution in [-0.2, 0) is 14.3 Å². The predicted octanol–water partition coefficient (Wildman–Crippen LogP) is 4.44. The van der Waals surface area contributed by atoms with E-state index >= 15 is 0 Å². The molecule has 2 aliphatic rings. The van der Waals surface area contributed by atoms with E-state index in [2.05, 4.69) is 15.3 Å². The van der Waals surface area contributed by atoms with Crippen LogP contribution in [0.1, 0.15) is 30.0 Å². The van der Waals surface area contributed by atoms with E-state index in [9.17, 15) is 22.8 Å². The highest BCUT2D eigenvalue weighted by Crippen LogP contribution is 2.38. The number of piperidine rings is 1. The topological polar surface area (TPSA) is 104 Å². The molecule has 0 aliphatic carbocycles. The molecule has 3 heterocycles. The van der Waals surface area contributed by atoms with Gasteiger partial charge in [-0.15, -0.1) is 11.3 Å². The number of ether oxygens (including phenoxy) is 1. The number of esters is 1. The number of benzene rings is 1. The third-order valence-electron chi connectivity index (χ3n) is 5.91. The van der Waals surface area contributed by atoms with Crippen LogP contribution < -0.4 is 5.32 Å². The molecule has 38 heavy (non-hydrogen) atoms. The number of hydrogen-bond acceptors (Lipinski definition) is 8. The van der Waals surface area contributed by atoms with E-state index in [1.807, 2.05) is 0 Å². The summed E-state index contributed by atoms with van der Waals surface area (Å²) in [7, 11) is 0.